The van der Waals surface area contributed by atoms with Crippen LogP contribution in [0, 0.1) is 5.82 Å². The molecule has 1 aromatic carbocycles. The summed E-state index contributed by atoms with van der Waals surface area (Å²) in [5, 5.41) is 0. The number of rotatable bonds is 4. The third-order valence-electron chi connectivity index (χ3n) is 4.12. The number of hydrogen-bond acceptors (Lipinski definition) is 3. The average Bonchev–Trinajstić information content (AvgIpc) is 2.44. The summed E-state index contributed by atoms with van der Waals surface area (Å²) in [5.41, 5.74) is 0.687. The van der Waals surface area contributed by atoms with E-state index in [0.717, 1.165) is 32.7 Å². The van der Waals surface area contributed by atoms with Gasteiger partial charge in [-0.05, 0) is 32.9 Å². The molecule has 0 aliphatic carbocycles. The summed E-state index contributed by atoms with van der Waals surface area (Å²) >= 11 is 0. The van der Waals surface area contributed by atoms with Gasteiger partial charge in [0.2, 0.25) is 0 Å². The highest BCUT2D eigenvalue weighted by Crippen LogP contribution is 2.16. The van der Waals surface area contributed by atoms with E-state index in [-0.39, 0.29) is 17.1 Å². The first-order valence-corrected chi connectivity index (χ1v) is 7.62. The maximum Gasteiger partial charge on any atom is 0.164 e. The molecule has 0 radical (unpaired) electrons. The summed E-state index contributed by atoms with van der Waals surface area (Å²) in [6, 6.07) is 5.95. The molecular weight excluding hydrogens is 267 g/mol. The lowest BCUT2D eigenvalue weighted by Crippen LogP contribution is -2.53. The van der Waals surface area contributed by atoms with E-state index in [1.165, 1.54) is 12.1 Å². The standard InChI is InChI=1S/C17H25FN2O/c1-17(2,3)20-11-9-19(10-12-20)8-7-16(21)14-5-4-6-15(18)13-14/h4-6,13H,7-12H2,1-3H3. The molecule has 4 heteroatoms. The van der Waals surface area contributed by atoms with E-state index in [2.05, 4.69) is 30.6 Å². The summed E-state index contributed by atoms with van der Waals surface area (Å²) in [5.74, 6) is -0.326. The fraction of sp³-hybridized carbons (Fsp3) is 0.588. The molecule has 21 heavy (non-hydrogen) atoms. The predicted molar refractivity (Wildman–Crippen MR) is 83.1 cm³/mol. The van der Waals surface area contributed by atoms with Crippen LogP contribution in [0.4, 0.5) is 4.39 Å². The minimum absolute atomic E-state index is 0.0211. The van der Waals surface area contributed by atoms with Crippen LogP contribution in [0.25, 0.3) is 0 Å². The Balaban J connectivity index is 1.78. The minimum atomic E-state index is -0.348. The van der Waals surface area contributed by atoms with Crippen LogP contribution < -0.4 is 0 Å². The highest BCUT2D eigenvalue weighted by Gasteiger charge is 2.25. The molecule has 0 aromatic heterocycles. The van der Waals surface area contributed by atoms with Crippen LogP contribution in [0.3, 0.4) is 0 Å². The Morgan fingerprint density at radius 1 is 1.19 bits per heavy atom. The molecule has 0 saturated carbocycles. The van der Waals surface area contributed by atoms with Crippen molar-refractivity contribution in [3.63, 3.8) is 0 Å². The van der Waals surface area contributed by atoms with Crippen LogP contribution in [-0.4, -0.2) is 53.8 Å². The Labute approximate surface area is 126 Å². The predicted octanol–water partition coefficient (Wildman–Crippen LogP) is 2.81. The lowest BCUT2D eigenvalue weighted by Gasteiger charge is -2.42. The molecule has 0 amide bonds. The molecule has 0 spiro atoms. The molecule has 0 bridgehead atoms. The minimum Gasteiger partial charge on any atom is -0.300 e. The molecule has 116 valence electrons. The quantitative estimate of drug-likeness (QED) is 0.797. The summed E-state index contributed by atoms with van der Waals surface area (Å²) in [6.07, 6.45) is 0.457. The van der Waals surface area contributed by atoms with Gasteiger partial charge in [0, 0.05) is 50.2 Å². The van der Waals surface area contributed by atoms with E-state index in [1.807, 2.05) is 0 Å². The topological polar surface area (TPSA) is 23.6 Å². The van der Waals surface area contributed by atoms with Gasteiger partial charge in [0.15, 0.2) is 5.78 Å². The fourth-order valence-electron chi connectivity index (χ4n) is 2.71. The van der Waals surface area contributed by atoms with Gasteiger partial charge in [-0.25, -0.2) is 4.39 Å². The number of Topliss-reactive ketones (excluding diaryl/α,β-unsaturated/α-hetero) is 1. The van der Waals surface area contributed by atoms with Gasteiger partial charge in [0.1, 0.15) is 5.82 Å². The Hall–Kier alpha value is -1.26. The second kappa shape index (κ2) is 6.67. The smallest absolute Gasteiger partial charge is 0.164 e. The Morgan fingerprint density at radius 3 is 2.43 bits per heavy atom. The summed E-state index contributed by atoms with van der Waals surface area (Å²) in [6.45, 7) is 11.5. The van der Waals surface area contributed by atoms with E-state index in [1.54, 1.807) is 12.1 Å². The molecule has 1 aliphatic heterocycles. The van der Waals surface area contributed by atoms with Gasteiger partial charge in [-0.1, -0.05) is 12.1 Å². The molecule has 3 nitrogen and oxygen atoms in total. The number of carbonyl (C=O) groups is 1. The van der Waals surface area contributed by atoms with E-state index < -0.39 is 0 Å². The van der Waals surface area contributed by atoms with Crippen LogP contribution in [0.15, 0.2) is 24.3 Å². The Bertz CT molecular complexity index is 488. The lowest BCUT2D eigenvalue weighted by molar-refractivity contribution is 0.0602. The van der Waals surface area contributed by atoms with Gasteiger partial charge < -0.3 is 4.90 Å². The third-order valence-corrected chi connectivity index (χ3v) is 4.12. The first-order chi connectivity index (χ1) is 9.86. The molecule has 1 heterocycles. The maximum absolute atomic E-state index is 13.1. The maximum atomic E-state index is 13.1. The first kappa shape index (κ1) is 16.1. The van der Waals surface area contributed by atoms with E-state index in [0.29, 0.717) is 12.0 Å². The number of piperazine rings is 1. The van der Waals surface area contributed by atoms with Gasteiger partial charge in [-0.2, -0.15) is 0 Å². The van der Waals surface area contributed by atoms with Gasteiger partial charge in [0.05, 0.1) is 0 Å². The monoisotopic (exact) mass is 292 g/mol. The molecule has 1 fully saturated rings. The average molecular weight is 292 g/mol. The fourth-order valence-corrected chi connectivity index (χ4v) is 2.71. The number of ketones is 1. The summed E-state index contributed by atoms with van der Waals surface area (Å²) < 4.78 is 13.1. The van der Waals surface area contributed by atoms with Crippen molar-refractivity contribution in [2.75, 3.05) is 32.7 Å². The largest absolute Gasteiger partial charge is 0.300 e. The van der Waals surface area contributed by atoms with Gasteiger partial charge in [0.25, 0.3) is 0 Å². The van der Waals surface area contributed by atoms with Crippen molar-refractivity contribution in [1.82, 2.24) is 9.80 Å². The number of nitrogens with zero attached hydrogens (tertiary/aromatic N) is 2. The number of halogens is 1. The highest BCUT2D eigenvalue weighted by molar-refractivity contribution is 5.96. The van der Waals surface area contributed by atoms with E-state index >= 15 is 0 Å². The molecular formula is C17H25FN2O. The molecule has 0 atom stereocenters. The zero-order chi connectivity index (χ0) is 15.5. The van der Waals surface area contributed by atoms with Gasteiger partial charge in [-0.15, -0.1) is 0 Å². The van der Waals surface area contributed by atoms with Crippen LogP contribution in [0.2, 0.25) is 0 Å². The zero-order valence-electron chi connectivity index (χ0n) is 13.2. The number of benzene rings is 1. The van der Waals surface area contributed by atoms with Crippen LogP contribution >= 0.6 is 0 Å². The van der Waals surface area contributed by atoms with Crippen molar-refractivity contribution >= 4 is 5.78 Å². The van der Waals surface area contributed by atoms with E-state index in [4.69, 9.17) is 0 Å². The SMILES string of the molecule is CC(C)(C)N1CCN(CCC(=O)c2cccc(F)c2)CC1. The van der Waals surface area contributed by atoms with Crippen LogP contribution in [0.5, 0.6) is 0 Å². The van der Waals surface area contributed by atoms with Crippen molar-refractivity contribution in [2.45, 2.75) is 32.7 Å². The summed E-state index contributed by atoms with van der Waals surface area (Å²) in [4.78, 5) is 16.8. The number of hydrogen-bond donors (Lipinski definition) is 0. The molecule has 1 aliphatic rings. The normalized spacial score (nSPS) is 17.9. The molecule has 0 N–H and O–H groups in total. The Kier molecular flexibility index (Phi) is 5.12. The van der Waals surface area contributed by atoms with Crippen molar-refractivity contribution in [2.24, 2.45) is 0 Å². The van der Waals surface area contributed by atoms with Crippen LogP contribution in [0.1, 0.15) is 37.6 Å². The van der Waals surface area contributed by atoms with Gasteiger partial charge >= 0.3 is 0 Å². The molecule has 1 saturated heterocycles. The van der Waals surface area contributed by atoms with Crippen molar-refractivity contribution in [3.05, 3.63) is 35.6 Å². The third kappa shape index (κ3) is 4.61. The van der Waals surface area contributed by atoms with Crippen LogP contribution in [-0.2, 0) is 0 Å². The molecule has 2 rings (SSSR count). The van der Waals surface area contributed by atoms with Crippen molar-refractivity contribution in [1.29, 1.82) is 0 Å². The lowest BCUT2D eigenvalue weighted by atomic mass is 10.0. The first-order valence-electron chi connectivity index (χ1n) is 7.62. The second-order valence-corrected chi connectivity index (χ2v) is 6.68. The second-order valence-electron chi connectivity index (χ2n) is 6.68. The van der Waals surface area contributed by atoms with E-state index in [9.17, 15) is 9.18 Å². The zero-order valence-corrected chi connectivity index (χ0v) is 13.2. The number of carbonyl (C=O) groups excluding carboxylic acids is 1. The van der Waals surface area contributed by atoms with Gasteiger partial charge in [-0.3, -0.25) is 9.69 Å². The molecule has 0 unspecified atom stereocenters. The summed E-state index contributed by atoms with van der Waals surface area (Å²) in [7, 11) is 0. The Morgan fingerprint density at radius 2 is 1.86 bits per heavy atom. The van der Waals surface area contributed by atoms with Crippen molar-refractivity contribution in [3.8, 4) is 0 Å². The molecule has 1 aromatic rings. The van der Waals surface area contributed by atoms with Crippen molar-refractivity contribution < 1.29 is 9.18 Å². The highest BCUT2D eigenvalue weighted by atomic mass is 19.1.